The van der Waals surface area contributed by atoms with Gasteiger partial charge in [-0.3, -0.25) is 0 Å². The predicted molar refractivity (Wildman–Crippen MR) is 76.9 cm³/mol. The number of nitrogens with one attached hydrogen (secondary N) is 1. The van der Waals surface area contributed by atoms with Gasteiger partial charge in [0.1, 0.15) is 5.75 Å². The van der Waals surface area contributed by atoms with Gasteiger partial charge in [0.2, 0.25) is 5.89 Å². The Morgan fingerprint density at radius 3 is 2.90 bits per heavy atom. The summed E-state index contributed by atoms with van der Waals surface area (Å²) in [5.74, 6) is 1.42. The summed E-state index contributed by atoms with van der Waals surface area (Å²) in [7, 11) is 5.43. The molecule has 0 radical (unpaired) electrons. The minimum Gasteiger partial charge on any atom is -0.497 e. The Labute approximate surface area is 118 Å². The maximum Gasteiger partial charge on any atom is 0.318 e. The highest BCUT2D eigenvalue weighted by atomic mass is 16.5. The second kappa shape index (κ2) is 6.38. The summed E-state index contributed by atoms with van der Waals surface area (Å²) >= 11 is 0. The zero-order valence-corrected chi connectivity index (χ0v) is 12.3. The molecule has 0 saturated carbocycles. The van der Waals surface area contributed by atoms with Crippen molar-refractivity contribution in [2.75, 3.05) is 26.1 Å². The van der Waals surface area contributed by atoms with Crippen molar-refractivity contribution in [3.8, 4) is 5.75 Å². The molecule has 108 valence electrons. The van der Waals surface area contributed by atoms with Crippen molar-refractivity contribution in [3.63, 3.8) is 0 Å². The van der Waals surface area contributed by atoms with Crippen LogP contribution < -0.4 is 15.0 Å². The van der Waals surface area contributed by atoms with Crippen LogP contribution in [-0.2, 0) is 6.54 Å². The summed E-state index contributed by atoms with van der Waals surface area (Å²) in [6.45, 7) is 2.64. The quantitative estimate of drug-likeness (QED) is 0.870. The van der Waals surface area contributed by atoms with Gasteiger partial charge < -0.3 is 19.4 Å². The van der Waals surface area contributed by atoms with E-state index in [-0.39, 0.29) is 6.04 Å². The molecule has 2 aromatic rings. The van der Waals surface area contributed by atoms with Gasteiger partial charge in [-0.1, -0.05) is 17.2 Å². The van der Waals surface area contributed by atoms with Gasteiger partial charge in [-0.25, -0.2) is 0 Å². The molecule has 0 amide bonds. The molecule has 1 aromatic carbocycles. The molecule has 1 aromatic heterocycles. The second-order valence-electron chi connectivity index (χ2n) is 4.64. The number of aromatic nitrogens is 2. The third-order valence-corrected chi connectivity index (χ3v) is 3.11. The van der Waals surface area contributed by atoms with Crippen LogP contribution in [0.25, 0.3) is 0 Å². The maximum absolute atomic E-state index is 5.64. The molecule has 1 heterocycles. The highest BCUT2D eigenvalue weighted by Crippen LogP contribution is 2.19. The molecule has 1 N–H and O–H groups in total. The van der Waals surface area contributed by atoms with E-state index >= 15 is 0 Å². The highest BCUT2D eigenvalue weighted by molar-refractivity contribution is 5.32. The van der Waals surface area contributed by atoms with Crippen molar-refractivity contribution in [1.29, 1.82) is 0 Å². The normalized spacial score (nSPS) is 12.2. The Morgan fingerprint density at radius 1 is 1.40 bits per heavy atom. The van der Waals surface area contributed by atoms with Gasteiger partial charge in [-0.2, -0.15) is 0 Å². The van der Waals surface area contributed by atoms with Crippen LogP contribution in [0.4, 0.5) is 6.01 Å². The van der Waals surface area contributed by atoms with Crippen LogP contribution in [0.15, 0.2) is 28.7 Å². The van der Waals surface area contributed by atoms with Gasteiger partial charge in [0.25, 0.3) is 0 Å². The van der Waals surface area contributed by atoms with E-state index in [1.54, 1.807) is 7.11 Å². The molecule has 0 spiro atoms. The first-order chi connectivity index (χ1) is 9.63. The molecule has 1 atom stereocenters. The number of methoxy groups -OCH3 is 1. The van der Waals surface area contributed by atoms with Crippen molar-refractivity contribution in [1.82, 2.24) is 15.5 Å². The molecule has 6 nitrogen and oxygen atoms in total. The Kier molecular flexibility index (Phi) is 4.57. The third-order valence-electron chi connectivity index (χ3n) is 3.11. The number of hydrogen-bond donors (Lipinski definition) is 1. The number of nitrogens with zero attached hydrogens (tertiary/aromatic N) is 3. The largest absolute Gasteiger partial charge is 0.497 e. The number of hydrogen-bond acceptors (Lipinski definition) is 6. The lowest BCUT2D eigenvalue weighted by Gasteiger charge is -2.14. The van der Waals surface area contributed by atoms with Crippen molar-refractivity contribution in [2.24, 2.45) is 0 Å². The number of rotatable bonds is 6. The average Bonchev–Trinajstić information content (AvgIpc) is 2.96. The fourth-order valence-corrected chi connectivity index (χ4v) is 1.79. The van der Waals surface area contributed by atoms with Crippen LogP contribution in [-0.4, -0.2) is 31.4 Å². The maximum atomic E-state index is 5.64. The second-order valence-corrected chi connectivity index (χ2v) is 4.64. The van der Waals surface area contributed by atoms with E-state index in [9.17, 15) is 0 Å². The summed E-state index contributed by atoms with van der Waals surface area (Å²) < 4.78 is 10.9. The van der Waals surface area contributed by atoms with Crippen molar-refractivity contribution >= 4 is 6.01 Å². The minimum atomic E-state index is 0.0430. The van der Waals surface area contributed by atoms with E-state index in [2.05, 4.69) is 15.5 Å². The van der Waals surface area contributed by atoms with Crippen LogP contribution in [0.3, 0.4) is 0 Å². The molecule has 0 saturated heterocycles. The van der Waals surface area contributed by atoms with Gasteiger partial charge in [0.05, 0.1) is 13.2 Å². The Morgan fingerprint density at radius 2 is 2.20 bits per heavy atom. The summed E-state index contributed by atoms with van der Waals surface area (Å²) in [5, 5.41) is 11.2. The minimum absolute atomic E-state index is 0.0430. The Balaban J connectivity index is 2.07. The molecular formula is C14H20N4O2. The van der Waals surface area contributed by atoms with Crippen molar-refractivity contribution in [3.05, 3.63) is 35.7 Å². The van der Waals surface area contributed by atoms with Crippen LogP contribution >= 0.6 is 0 Å². The molecular weight excluding hydrogens is 256 g/mol. The van der Waals surface area contributed by atoms with E-state index in [0.717, 1.165) is 11.3 Å². The molecule has 0 bridgehead atoms. The monoisotopic (exact) mass is 276 g/mol. The lowest BCUT2D eigenvalue weighted by Crippen LogP contribution is -2.16. The topological polar surface area (TPSA) is 63.4 Å². The zero-order valence-electron chi connectivity index (χ0n) is 12.3. The van der Waals surface area contributed by atoms with E-state index in [1.165, 1.54) is 0 Å². The first kappa shape index (κ1) is 14.3. The van der Waals surface area contributed by atoms with E-state index in [4.69, 9.17) is 9.15 Å². The molecule has 6 heteroatoms. The highest BCUT2D eigenvalue weighted by Gasteiger charge is 2.15. The van der Waals surface area contributed by atoms with Gasteiger partial charge >= 0.3 is 6.01 Å². The summed E-state index contributed by atoms with van der Waals surface area (Å²) in [6, 6.07) is 8.45. The van der Waals surface area contributed by atoms with Crippen molar-refractivity contribution < 1.29 is 9.15 Å². The number of anilines is 1. The SMILES string of the molecule is CNC(C)c1nnc(N(C)Cc2cccc(OC)c2)o1. The summed E-state index contributed by atoms with van der Waals surface area (Å²) in [6.07, 6.45) is 0. The summed E-state index contributed by atoms with van der Waals surface area (Å²) in [4.78, 5) is 1.91. The molecule has 0 aliphatic carbocycles. The first-order valence-corrected chi connectivity index (χ1v) is 6.48. The molecule has 0 aliphatic heterocycles. The van der Waals surface area contributed by atoms with Crippen LogP contribution in [0.1, 0.15) is 24.4 Å². The lowest BCUT2D eigenvalue weighted by molar-refractivity contribution is 0.414. The van der Waals surface area contributed by atoms with Gasteiger partial charge in [-0.15, -0.1) is 5.10 Å². The third kappa shape index (κ3) is 3.27. The Bertz CT molecular complexity index is 556. The molecule has 0 aliphatic rings. The van der Waals surface area contributed by atoms with Crippen LogP contribution in [0, 0.1) is 0 Å². The summed E-state index contributed by atoms with van der Waals surface area (Å²) in [5.41, 5.74) is 1.12. The van der Waals surface area contributed by atoms with Gasteiger partial charge in [0.15, 0.2) is 0 Å². The fourth-order valence-electron chi connectivity index (χ4n) is 1.79. The molecule has 20 heavy (non-hydrogen) atoms. The van der Waals surface area contributed by atoms with E-state index in [0.29, 0.717) is 18.5 Å². The van der Waals surface area contributed by atoms with Gasteiger partial charge in [-0.05, 0) is 31.7 Å². The zero-order chi connectivity index (χ0) is 14.5. The smallest absolute Gasteiger partial charge is 0.318 e. The first-order valence-electron chi connectivity index (χ1n) is 6.48. The van der Waals surface area contributed by atoms with Crippen LogP contribution in [0.2, 0.25) is 0 Å². The Hall–Kier alpha value is -2.08. The predicted octanol–water partition coefficient (Wildman–Crippen LogP) is 1.99. The van der Waals surface area contributed by atoms with E-state index < -0.39 is 0 Å². The molecule has 0 fully saturated rings. The van der Waals surface area contributed by atoms with Crippen molar-refractivity contribution in [2.45, 2.75) is 19.5 Å². The standard InChI is InChI=1S/C14H20N4O2/c1-10(15-2)13-16-17-14(20-13)18(3)9-11-6-5-7-12(8-11)19-4/h5-8,10,15H,9H2,1-4H3. The van der Waals surface area contributed by atoms with Gasteiger partial charge in [0, 0.05) is 13.6 Å². The number of ether oxygens (including phenoxy) is 1. The fraction of sp³-hybridized carbons (Fsp3) is 0.429. The number of benzene rings is 1. The molecule has 2 rings (SSSR count). The average molecular weight is 276 g/mol. The molecule has 1 unspecified atom stereocenters. The lowest BCUT2D eigenvalue weighted by atomic mass is 10.2. The van der Waals surface area contributed by atoms with Crippen LogP contribution in [0.5, 0.6) is 5.75 Å². The van der Waals surface area contributed by atoms with E-state index in [1.807, 2.05) is 50.2 Å².